The molecule has 2 heterocycles. The van der Waals surface area contributed by atoms with Crippen LogP contribution in [0.4, 0.5) is 0 Å². The maximum absolute atomic E-state index is 12.3. The number of amides is 1. The number of carbonyl (C=O) groups is 1. The maximum Gasteiger partial charge on any atom is 0.226 e. The Hall–Kier alpha value is -3.31. The standard InChI is InChI=1S/C27H27N3OS/c1-3-8-24-30-25(20-12-7-9-18(2)15-20)26(32-24)21-13-14-29-23(17-21)22(27(28)31)16-19-10-5-4-6-11-19/h4-7,9-15,17,22H,3,8,16H2,1-2H3,(H2,28,31). The van der Waals surface area contributed by atoms with Crippen LogP contribution in [0.15, 0.2) is 72.9 Å². The summed E-state index contributed by atoms with van der Waals surface area (Å²) in [6, 6.07) is 22.3. The second kappa shape index (κ2) is 9.88. The van der Waals surface area contributed by atoms with Crippen molar-refractivity contribution < 1.29 is 4.79 Å². The molecule has 2 aromatic carbocycles. The van der Waals surface area contributed by atoms with Gasteiger partial charge in [-0.15, -0.1) is 11.3 Å². The third kappa shape index (κ3) is 4.94. The molecule has 0 fully saturated rings. The van der Waals surface area contributed by atoms with Gasteiger partial charge in [0.05, 0.1) is 27.2 Å². The molecule has 4 nitrogen and oxygen atoms in total. The van der Waals surface area contributed by atoms with Crippen LogP contribution in [0.2, 0.25) is 0 Å². The Bertz CT molecular complexity index is 1220. The zero-order valence-electron chi connectivity index (χ0n) is 18.4. The van der Waals surface area contributed by atoms with E-state index in [1.54, 1.807) is 17.5 Å². The van der Waals surface area contributed by atoms with Gasteiger partial charge in [0.2, 0.25) is 5.91 Å². The van der Waals surface area contributed by atoms with Gasteiger partial charge in [-0.2, -0.15) is 0 Å². The van der Waals surface area contributed by atoms with Crippen LogP contribution in [-0.4, -0.2) is 15.9 Å². The average molecular weight is 442 g/mol. The first-order chi connectivity index (χ1) is 15.5. The highest BCUT2D eigenvalue weighted by atomic mass is 32.1. The molecular weight excluding hydrogens is 414 g/mol. The number of nitrogens with zero attached hydrogens (tertiary/aromatic N) is 2. The molecule has 5 heteroatoms. The number of hydrogen-bond donors (Lipinski definition) is 1. The van der Waals surface area contributed by atoms with Crippen molar-refractivity contribution in [1.82, 2.24) is 9.97 Å². The van der Waals surface area contributed by atoms with Gasteiger partial charge < -0.3 is 5.73 Å². The van der Waals surface area contributed by atoms with E-state index in [4.69, 9.17) is 10.7 Å². The Morgan fingerprint density at radius 3 is 2.56 bits per heavy atom. The lowest BCUT2D eigenvalue weighted by atomic mass is 9.94. The van der Waals surface area contributed by atoms with Gasteiger partial charge in [0, 0.05) is 11.8 Å². The van der Waals surface area contributed by atoms with E-state index in [-0.39, 0.29) is 5.91 Å². The first-order valence-electron chi connectivity index (χ1n) is 10.9. The lowest BCUT2D eigenvalue weighted by Crippen LogP contribution is -2.24. The molecule has 2 aromatic heterocycles. The number of nitrogens with two attached hydrogens (primary N) is 1. The lowest BCUT2D eigenvalue weighted by Gasteiger charge is -2.14. The van der Waals surface area contributed by atoms with Gasteiger partial charge in [0.25, 0.3) is 0 Å². The van der Waals surface area contributed by atoms with Crippen molar-refractivity contribution >= 4 is 17.2 Å². The fourth-order valence-corrected chi connectivity index (χ4v) is 5.03. The highest BCUT2D eigenvalue weighted by molar-refractivity contribution is 7.15. The van der Waals surface area contributed by atoms with E-state index in [2.05, 4.69) is 43.1 Å². The summed E-state index contributed by atoms with van der Waals surface area (Å²) in [5.74, 6) is -0.851. The summed E-state index contributed by atoms with van der Waals surface area (Å²) in [5, 5.41) is 1.12. The fraction of sp³-hybridized carbons (Fsp3) is 0.222. The van der Waals surface area contributed by atoms with Crippen LogP contribution in [0.1, 0.15) is 41.1 Å². The molecule has 0 aliphatic rings. The lowest BCUT2D eigenvalue weighted by molar-refractivity contribution is -0.119. The van der Waals surface area contributed by atoms with E-state index >= 15 is 0 Å². The summed E-state index contributed by atoms with van der Waals surface area (Å²) < 4.78 is 0. The van der Waals surface area contributed by atoms with Crippen molar-refractivity contribution in [2.24, 2.45) is 5.73 Å². The number of hydrogen-bond acceptors (Lipinski definition) is 4. The summed E-state index contributed by atoms with van der Waals surface area (Å²) in [7, 11) is 0. The zero-order valence-corrected chi connectivity index (χ0v) is 19.2. The topological polar surface area (TPSA) is 68.9 Å². The Balaban J connectivity index is 1.76. The molecule has 4 rings (SSSR count). The van der Waals surface area contributed by atoms with E-state index in [1.165, 1.54) is 5.56 Å². The van der Waals surface area contributed by atoms with Crippen LogP contribution in [-0.2, 0) is 17.6 Å². The van der Waals surface area contributed by atoms with Crippen molar-refractivity contribution in [3.05, 3.63) is 94.8 Å². The second-order valence-corrected chi connectivity index (χ2v) is 9.10. The number of carbonyl (C=O) groups excluding carboxylic acids is 1. The normalized spacial score (nSPS) is 11.9. The molecule has 0 saturated heterocycles. The van der Waals surface area contributed by atoms with Crippen LogP contribution in [0, 0.1) is 6.92 Å². The molecule has 0 aliphatic heterocycles. The van der Waals surface area contributed by atoms with Crippen LogP contribution in [0.25, 0.3) is 21.7 Å². The summed E-state index contributed by atoms with van der Waals surface area (Å²) in [6.07, 6.45) is 4.29. The predicted octanol–water partition coefficient (Wildman–Crippen LogP) is 5.94. The molecule has 4 aromatic rings. The summed E-state index contributed by atoms with van der Waals surface area (Å²) >= 11 is 1.72. The summed E-state index contributed by atoms with van der Waals surface area (Å²) in [6.45, 7) is 4.26. The van der Waals surface area contributed by atoms with Gasteiger partial charge in [-0.05, 0) is 55.5 Å². The molecule has 1 unspecified atom stereocenters. The molecule has 0 radical (unpaired) electrons. The monoisotopic (exact) mass is 441 g/mol. The quantitative estimate of drug-likeness (QED) is 0.368. The van der Waals surface area contributed by atoms with Crippen LogP contribution in [0.3, 0.4) is 0 Å². The number of rotatable bonds is 8. The molecular formula is C27H27N3OS. The SMILES string of the molecule is CCCc1nc(-c2cccc(C)c2)c(-c2ccnc(C(Cc3ccccc3)C(N)=O)c2)s1. The minimum Gasteiger partial charge on any atom is -0.369 e. The highest BCUT2D eigenvalue weighted by Crippen LogP contribution is 2.38. The third-order valence-corrected chi connectivity index (χ3v) is 6.62. The third-order valence-electron chi connectivity index (χ3n) is 5.45. The number of pyridine rings is 1. The van der Waals surface area contributed by atoms with Gasteiger partial charge in [-0.25, -0.2) is 4.98 Å². The molecule has 1 atom stereocenters. The van der Waals surface area contributed by atoms with E-state index in [0.717, 1.165) is 45.1 Å². The van der Waals surface area contributed by atoms with Gasteiger partial charge in [0.15, 0.2) is 0 Å². The van der Waals surface area contributed by atoms with E-state index < -0.39 is 5.92 Å². The minimum atomic E-state index is -0.484. The zero-order chi connectivity index (χ0) is 22.5. The molecule has 0 saturated carbocycles. The van der Waals surface area contributed by atoms with Crippen molar-refractivity contribution in [2.45, 2.75) is 39.0 Å². The first-order valence-corrected chi connectivity index (χ1v) is 11.7. The smallest absolute Gasteiger partial charge is 0.226 e. The number of primary amides is 1. The Kier molecular flexibility index (Phi) is 6.76. The molecule has 0 bridgehead atoms. The summed E-state index contributed by atoms with van der Waals surface area (Å²) in [4.78, 5) is 22.9. The maximum atomic E-state index is 12.3. The number of thiazole rings is 1. The molecule has 0 aliphatic carbocycles. The Morgan fingerprint density at radius 2 is 1.84 bits per heavy atom. The predicted molar refractivity (Wildman–Crippen MR) is 132 cm³/mol. The van der Waals surface area contributed by atoms with Crippen molar-refractivity contribution in [1.29, 1.82) is 0 Å². The van der Waals surface area contributed by atoms with Crippen LogP contribution < -0.4 is 5.73 Å². The fourth-order valence-electron chi connectivity index (χ4n) is 3.85. The van der Waals surface area contributed by atoms with Gasteiger partial charge >= 0.3 is 0 Å². The van der Waals surface area contributed by atoms with Gasteiger partial charge in [0.1, 0.15) is 0 Å². The van der Waals surface area contributed by atoms with Crippen molar-refractivity contribution in [2.75, 3.05) is 0 Å². The molecule has 1 amide bonds. The van der Waals surface area contributed by atoms with Gasteiger partial charge in [-0.1, -0.05) is 61.0 Å². The molecule has 2 N–H and O–H groups in total. The highest BCUT2D eigenvalue weighted by Gasteiger charge is 2.22. The second-order valence-electron chi connectivity index (χ2n) is 8.02. The van der Waals surface area contributed by atoms with Crippen molar-refractivity contribution in [3.63, 3.8) is 0 Å². The van der Waals surface area contributed by atoms with E-state index in [9.17, 15) is 4.79 Å². The van der Waals surface area contributed by atoms with Crippen LogP contribution in [0.5, 0.6) is 0 Å². The first kappa shape index (κ1) is 21.9. The van der Waals surface area contributed by atoms with E-state index in [0.29, 0.717) is 12.1 Å². The largest absolute Gasteiger partial charge is 0.369 e. The molecule has 32 heavy (non-hydrogen) atoms. The van der Waals surface area contributed by atoms with E-state index in [1.807, 2.05) is 42.5 Å². The van der Waals surface area contributed by atoms with Crippen LogP contribution >= 0.6 is 11.3 Å². The average Bonchev–Trinajstić information content (AvgIpc) is 3.22. The number of benzene rings is 2. The molecule has 0 spiro atoms. The number of aryl methyl sites for hydroxylation is 2. The Morgan fingerprint density at radius 1 is 1.03 bits per heavy atom. The molecule has 162 valence electrons. The van der Waals surface area contributed by atoms with Gasteiger partial charge in [-0.3, -0.25) is 9.78 Å². The minimum absolute atomic E-state index is 0.367. The van der Waals surface area contributed by atoms with Crippen molar-refractivity contribution in [3.8, 4) is 21.7 Å². The summed E-state index contributed by atoms with van der Waals surface area (Å²) in [5.41, 5.74) is 11.9. The Labute approximate surface area is 193 Å². The number of aromatic nitrogens is 2.